The number of nitrogens with two attached hydrogens (primary N) is 1. The zero-order valence-electron chi connectivity index (χ0n) is 10.6. The molecular weight excluding hydrogens is 240 g/mol. The first-order chi connectivity index (χ1) is 9.19. The number of hydrogen-bond donors (Lipinski definition) is 2. The van der Waals surface area contributed by atoms with Crippen LogP contribution in [0.5, 0.6) is 0 Å². The Hall–Kier alpha value is -2.40. The molecule has 3 N–H and O–H groups in total. The zero-order valence-corrected chi connectivity index (χ0v) is 10.6. The predicted octanol–water partition coefficient (Wildman–Crippen LogP) is 1.39. The van der Waals surface area contributed by atoms with Gasteiger partial charge in [-0.25, -0.2) is 5.10 Å². The second-order valence-electron chi connectivity index (χ2n) is 4.53. The van der Waals surface area contributed by atoms with Crippen LogP contribution in [0.4, 0.5) is 0 Å². The number of hydrogen-bond acceptors (Lipinski definition) is 3. The number of aryl methyl sites for hydroxylation is 1. The van der Waals surface area contributed by atoms with Crippen molar-refractivity contribution in [1.29, 1.82) is 0 Å². The van der Waals surface area contributed by atoms with Crippen molar-refractivity contribution in [2.24, 2.45) is 12.8 Å². The van der Waals surface area contributed by atoms with E-state index in [0.29, 0.717) is 17.6 Å². The fourth-order valence-electron chi connectivity index (χ4n) is 2.23. The van der Waals surface area contributed by atoms with Crippen molar-refractivity contribution in [2.75, 3.05) is 0 Å². The van der Waals surface area contributed by atoms with Crippen molar-refractivity contribution in [1.82, 2.24) is 14.8 Å². The van der Waals surface area contributed by atoms with Crippen molar-refractivity contribution >= 4 is 10.8 Å². The third kappa shape index (κ3) is 1.94. The Labute approximate surface area is 109 Å². The first-order valence-corrected chi connectivity index (χ1v) is 6.03. The van der Waals surface area contributed by atoms with Crippen LogP contribution in [0.25, 0.3) is 21.9 Å². The van der Waals surface area contributed by atoms with Gasteiger partial charge in [0.15, 0.2) is 0 Å². The Balaban J connectivity index is 2.26. The van der Waals surface area contributed by atoms with Crippen molar-refractivity contribution in [2.45, 2.75) is 6.54 Å². The molecule has 3 rings (SSSR count). The van der Waals surface area contributed by atoms with E-state index in [0.717, 1.165) is 16.5 Å². The van der Waals surface area contributed by atoms with Crippen LogP contribution >= 0.6 is 0 Å². The van der Waals surface area contributed by atoms with Gasteiger partial charge in [-0.3, -0.25) is 4.79 Å². The topological polar surface area (TPSA) is 76.7 Å². The maximum absolute atomic E-state index is 11.9. The SMILES string of the molecule is Cn1ccc(-c2ccc3c(CN)n[nH]c(=O)c3c2)c1. The molecule has 2 heterocycles. The van der Waals surface area contributed by atoms with E-state index < -0.39 is 0 Å². The molecule has 5 nitrogen and oxygen atoms in total. The number of aromatic nitrogens is 3. The number of benzene rings is 1. The summed E-state index contributed by atoms with van der Waals surface area (Å²) in [6, 6.07) is 7.78. The standard InChI is InChI=1S/C14H14N4O/c1-18-5-4-10(8-18)9-2-3-11-12(6-9)14(19)17-16-13(11)7-15/h2-6,8H,7,15H2,1H3,(H,17,19). The van der Waals surface area contributed by atoms with Gasteiger partial charge in [0.1, 0.15) is 0 Å². The average Bonchev–Trinajstić information content (AvgIpc) is 2.86. The second kappa shape index (κ2) is 4.37. The van der Waals surface area contributed by atoms with Crippen molar-refractivity contribution in [3.8, 4) is 11.1 Å². The van der Waals surface area contributed by atoms with Crippen molar-refractivity contribution in [3.05, 3.63) is 52.7 Å². The van der Waals surface area contributed by atoms with Gasteiger partial charge in [0, 0.05) is 31.4 Å². The minimum absolute atomic E-state index is 0.190. The summed E-state index contributed by atoms with van der Waals surface area (Å²) >= 11 is 0. The molecule has 0 aliphatic heterocycles. The molecule has 5 heteroatoms. The van der Waals surface area contributed by atoms with Crippen LogP contribution in [0, 0.1) is 0 Å². The maximum atomic E-state index is 11.9. The summed E-state index contributed by atoms with van der Waals surface area (Å²) < 4.78 is 1.97. The van der Waals surface area contributed by atoms with E-state index in [9.17, 15) is 4.79 Å². The van der Waals surface area contributed by atoms with E-state index in [1.807, 2.05) is 48.3 Å². The molecule has 0 radical (unpaired) electrons. The number of aromatic amines is 1. The fraction of sp³-hybridized carbons (Fsp3) is 0.143. The fourth-order valence-corrected chi connectivity index (χ4v) is 2.23. The van der Waals surface area contributed by atoms with E-state index >= 15 is 0 Å². The molecule has 1 aromatic carbocycles. The molecular formula is C14H14N4O. The summed E-state index contributed by atoms with van der Waals surface area (Å²) in [5.41, 5.74) is 8.23. The van der Waals surface area contributed by atoms with Gasteiger partial charge in [0.2, 0.25) is 0 Å². The van der Waals surface area contributed by atoms with Crippen LogP contribution in [0.3, 0.4) is 0 Å². The Morgan fingerprint density at radius 2 is 2.11 bits per heavy atom. The number of rotatable bonds is 2. The molecule has 0 atom stereocenters. The highest BCUT2D eigenvalue weighted by Gasteiger charge is 2.07. The molecule has 2 aromatic heterocycles. The molecule has 19 heavy (non-hydrogen) atoms. The molecule has 0 aliphatic rings. The molecule has 0 bridgehead atoms. The van der Waals surface area contributed by atoms with E-state index in [-0.39, 0.29) is 5.56 Å². The van der Waals surface area contributed by atoms with Gasteiger partial charge in [-0.1, -0.05) is 12.1 Å². The highest BCUT2D eigenvalue weighted by Crippen LogP contribution is 2.23. The third-order valence-corrected chi connectivity index (χ3v) is 3.23. The van der Waals surface area contributed by atoms with Crippen LogP contribution in [0.15, 0.2) is 41.5 Å². The largest absolute Gasteiger partial charge is 0.357 e. The summed E-state index contributed by atoms with van der Waals surface area (Å²) in [6.07, 6.45) is 3.99. The van der Waals surface area contributed by atoms with Gasteiger partial charge in [0.25, 0.3) is 5.56 Å². The minimum atomic E-state index is -0.190. The molecule has 0 fully saturated rings. The summed E-state index contributed by atoms with van der Waals surface area (Å²) in [7, 11) is 1.97. The van der Waals surface area contributed by atoms with Gasteiger partial charge < -0.3 is 10.3 Å². The lowest BCUT2D eigenvalue weighted by Gasteiger charge is -2.04. The Morgan fingerprint density at radius 3 is 2.79 bits per heavy atom. The van der Waals surface area contributed by atoms with Crippen LogP contribution < -0.4 is 11.3 Å². The van der Waals surface area contributed by atoms with E-state index in [2.05, 4.69) is 10.2 Å². The molecule has 0 unspecified atom stereocenters. The Morgan fingerprint density at radius 1 is 1.26 bits per heavy atom. The lowest BCUT2D eigenvalue weighted by Crippen LogP contribution is -2.13. The Kier molecular flexibility index (Phi) is 2.68. The van der Waals surface area contributed by atoms with Crippen molar-refractivity contribution in [3.63, 3.8) is 0 Å². The molecule has 3 aromatic rings. The van der Waals surface area contributed by atoms with Crippen molar-refractivity contribution < 1.29 is 0 Å². The van der Waals surface area contributed by atoms with Crippen LogP contribution in [-0.4, -0.2) is 14.8 Å². The summed E-state index contributed by atoms with van der Waals surface area (Å²) in [4.78, 5) is 11.9. The molecule has 0 aliphatic carbocycles. The predicted molar refractivity (Wildman–Crippen MR) is 74.7 cm³/mol. The van der Waals surface area contributed by atoms with E-state index in [1.165, 1.54) is 0 Å². The second-order valence-corrected chi connectivity index (χ2v) is 4.53. The molecule has 0 amide bonds. The quantitative estimate of drug-likeness (QED) is 0.725. The monoisotopic (exact) mass is 254 g/mol. The normalized spacial score (nSPS) is 11.1. The van der Waals surface area contributed by atoms with Gasteiger partial charge >= 0.3 is 0 Å². The third-order valence-electron chi connectivity index (χ3n) is 3.23. The van der Waals surface area contributed by atoms with Gasteiger partial charge in [-0.2, -0.15) is 5.10 Å². The summed E-state index contributed by atoms with van der Waals surface area (Å²) in [6.45, 7) is 0.304. The number of fused-ring (bicyclic) bond motifs is 1. The highest BCUT2D eigenvalue weighted by atomic mass is 16.1. The smallest absolute Gasteiger partial charge is 0.272 e. The maximum Gasteiger partial charge on any atom is 0.272 e. The molecule has 0 saturated carbocycles. The number of nitrogens with one attached hydrogen (secondary N) is 1. The first kappa shape index (κ1) is 11.7. The van der Waals surface area contributed by atoms with E-state index in [1.54, 1.807) is 0 Å². The number of nitrogens with zero attached hydrogens (tertiary/aromatic N) is 2. The summed E-state index contributed by atoms with van der Waals surface area (Å²) in [5, 5.41) is 7.88. The van der Waals surface area contributed by atoms with Crippen LogP contribution in [0.1, 0.15) is 5.69 Å². The highest BCUT2D eigenvalue weighted by molar-refractivity contribution is 5.88. The van der Waals surface area contributed by atoms with E-state index in [4.69, 9.17) is 5.73 Å². The van der Waals surface area contributed by atoms with Gasteiger partial charge in [-0.05, 0) is 23.3 Å². The minimum Gasteiger partial charge on any atom is -0.357 e. The average molecular weight is 254 g/mol. The molecule has 0 saturated heterocycles. The lowest BCUT2D eigenvalue weighted by atomic mass is 10.0. The summed E-state index contributed by atoms with van der Waals surface area (Å²) in [5.74, 6) is 0. The zero-order chi connectivity index (χ0) is 13.4. The van der Waals surface area contributed by atoms with Gasteiger partial charge in [0.05, 0.1) is 11.1 Å². The first-order valence-electron chi connectivity index (χ1n) is 6.03. The van der Waals surface area contributed by atoms with Gasteiger partial charge in [-0.15, -0.1) is 0 Å². The Bertz CT molecular complexity index is 801. The molecule has 0 spiro atoms. The van der Waals surface area contributed by atoms with Crippen LogP contribution in [0.2, 0.25) is 0 Å². The van der Waals surface area contributed by atoms with Crippen LogP contribution in [-0.2, 0) is 13.6 Å². The number of H-pyrrole nitrogens is 1. The lowest BCUT2D eigenvalue weighted by molar-refractivity contribution is 0.900. The molecule has 96 valence electrons.